The van der Waals surface area contributed by atoms with E-state index in [9.17, 15) is 24.0 Å². The first-order valence-corrected chi connectivity index (χ1v) is 22.0. The van der Waals surface area contributed by atoms with Crippen LogP contribution in [-0.4, -0.2) is 118 Å². The number of carbonyl (C=O) groups excluding carboxylic acids is 3. The summed E-state index contributed by atoms with van der Waals surface area (Å²) in [5.74, 6) is -2.55. The maximum absolute atomic E-state index is 14.2. The van der Waals surface area contributed by atoms with E-state index in [1.54, 1.807) is 35.0 Å². The topological polar surface area (TPSA) is 213 Å². The van der Waals surface area contributed by atoms with Crippen molar-refractivity contribution in [3.05, 3.63) is 104 Å². The molecule has 330 valence electrons. The lowest BCUT2D eigenvalue weighted by molar-refractivity contribution is -0.147. The van der Waals surface area contributed by atoms with E-state index in [0.717, 1.165) is 39.8 Å². The molecule has 2 aromatic carbocycles. The largest absolute Gasteiger partial charge is 0.481 e. The van der Waals surface area contributed by atoms with Gasteiger partial charge in [-0.25, -0.2) is 14.6 Å². The van der Waals surface area contributed by atoms with Gasteiger partial charge in [0.15, 0.2) is 0 Å². The number of urea groups is 1. The summed E-state index contributed by atoms with van der Waals surface area (Å²) in [4.78, 5) is 73.1. The third-order valence-corrected chi connectivity index (χ3v) is 11.5. The summed E-state index contributed by atoms with van der Waals surface area (Å²) in [6.07, 6.45) is 3.19. The molecule has 1 saturated heterocycles. The number of hydrogen-bond acceptors (Lipinski definition) is 12. The van der Waals surface area contributed by atoms with Crippen molar-refractivity contribution in [1.29, 1.82) is 0 Å². The summed E-state index contributed by atoms with van der Waals surface area (Å²) in [7, 11) is 1.72. The summed E-state index contributed by atoms with van der Waals surface area (Å²) in [6, 6.07) is 18.4. The molecule has 18 heteroatoms. The van der Waals surface area contributed by atoms with Gasteiger partial charge in [-0.3, -0.25) is 24.3 Å². The summed E-state index contributed by atoms with van der Waals surface area (Å²) in [6.45, 7) is 8.19. The molecular formula is C43H57N7O9S2. The molecule has 5 rings (SSSR count). The molecule has 5 N–H and O–H groups in total. The van der Waals surface area contributed by atoms with Crippen molar-refractivity contribution in [3.8, 4) is 0 Å². The second-order valence-corrected chi connectivity index (χ2v) is 16.8. The molecule has 0 spiro atoms. The molecule has 1 aliphatic rings. The fraction of sp³-hybridized carbons (Fsp3) is 0.465. The zero-order valence-electron chi connectivity index (χ0n) is 34.9. The first-order chi connectivity index (χ1) is 29.3. The van der Waals surface area contributed by atoms with E-state index < -0.39 is 30.5 Å². The van der Waals surface area contributed by atoms with Crippen LogP contribution in [0.25, 0.3) is 0 Å². The van der Waals surface area contributed by atoms with Gasteiger partial charge in [-0.05, 0) is 43.2 Å². The van der Waals surface area contributed by atoms with Gasteiger partial charge in [0.25, 0.3) is 0 Å². The third kappa shape index (κ3) is 18.8. The SMILES string of the molecule is CC(C)c1nc(CN(C)C(=O)NC(CCN2CCOCC2)C(=O)NC(CCC(Cc2ccccc2)NC(=O)OCc2cncs2)Cc2ccccc2)cs1.O=C(O)CC(=O)O. The van der Waals surface area contributed by atoms with Gasteiger partial charge in [0.2, 0.25) is 5.91 Å². The van der Waals surface area contributed by atoms with Crippen LogP contribution in [0, 0.1) is 0 Å². The van der Waals surface area contributed by atoms with E-state index in [0.29, 0.717) is 64.3 Å². The number of thiazole rings is 2. The smallest absolute Gasteiger partial charge is 0.407 e. The van der Waals surface area contributed by atoms with E-state index in [2.05, 4.69) is 44.7 Å². The first kappa shape index (κ1) is 48.2. The van der Waals surface area contributed by atoms with Crippen LogP contribution in [0.5, 0.6) is 0 Å². The van der Waals surface area contributed by atoms with Crippen LogP contribution in [0.2, 0.25) is 0 Å². The van der Waals surface area contributed by atoms with Gasteiger partial charge in [-0.2, -0.15) is 0 Å². The molecule has 1 aliphatic heterocycles. The molecule has 0 radical (unpaired) electrons. The number of alkyl carbamates (subject to hydrolysis) is 1. The maximum Gasteiger partial charge on any atom is 0.407 e. The lowest BCUT2D eigenvalue weighted by Gasteiger charge is -2.30. The molecule has 2 aromatic heterocycles. The number of carboxylic acid groups (broad SMARTS) is 2. The van der Waals surface area contributed by atoms with E-state index in [-0.39, 0.29) is 30.6 Å². The Morgan fingerprint density at radius 2 is 1.46 bits per heavy atom. The van der Waals surface area contributed by atoms with Crippen molar-refractivity contribution in [2.45, 2.75) is 89.6 Å². The predicted molar refractivity (Wildman–Crippen MR) is 232 cm³/mol. The van der Waals surface area contributed by atoms with Crippen LogP contribution in [-0.2, 0) is 49.9 Å². The van der Waals surface area contributed by atoms with Gasteiger partial charge in [0.05, 0.1) is 40.8 Å². The highest BCUT2D eigenvalue weighted by Gasteiger charge is 2.27. The van der Waals surface area contributed by atoms with Crippen LogP contribution < -0.4 is 16.0 Å². The Morgan fingerprint density at radius 3 is 1.98 bits per heavy atom. The number of aromatic nitrogens is 2. The van der Waals surface area contributed by atoms with Gasteiger partial charge in [-0.15, -0.1) is 22.7 Å². The van der Waals surface area contributed by atoms with Crippen LogP contribution in [0.15, 0.2) is 77.8 Å². The number of morpholine rings is 1. The molecule has 0 saturated carbocycles. The van der Waals surface area contributed by atoms with Crippen molar-refractivity contribution < 1.29 is 43.7 Å². The van der Waals surface area contributed by atoms with Crippen molar-refractivity contribution in [1.82, 2.24) is 35.7 Å². The van der Waals surface area contributed by atoms with Crippen LogP contribution in [0.4, 0.5) is 9.59 Å². The van der Waals surface area contributed by atoms with Gasteiger partial charge in [0, 0.05) is 56.3 Å². The monoisotopic (exact) mass is 879 g/mol. The summed E-state index contributed by atoms with van der Waals surface area (Å²) in [5.41, 5.74) is 4.70. The third-order valence-electron chi connectivity index (χ3n) is 9.57. The number of rotatable bonds is 21. The van der Waals surface area contributed by atoms with Gasteiger partial charge in [-0.1, -0.05) is 74.5 Å². The standard InChI is InChI=1S/C40H53N7O5S2.C3H4O4/c1-29(2)38-43-34(27-53-38)25-46(3)39(49)45-36(16-17-47-18-20-51-21-19-47)37(48)42-32(22-30-10-6-4-7-11-30)14-15-33(23-31-12-8-5-9-13-31)44-40(50)52-26-35-24-41-28-54-35;4-2(5)1-3(6)7/h4-13,24,27-29,32-33,36H,14-23,25-26H2,1-3H3,(H,42,48)(H,44,50)(H,45,49);1H2,(H,4,5)(H,6,7). The number of amides is 4. The number of carbonyl (C=O) groups is 5. The molecule has 3 unspecified atom stereocenters. The van der Waals surface area contributed by atoms with Gasteiger partial charge >= 0.3 is 24.1 Å². The molecule has 4 aromatic rings. The Labute approximate surface area is 364 Å². The Balaban J connectivity index is 0.00000107. The van der Waals surface area contributed by atoms with E-state index in [1.165, 1.54) is 11.3 Å². The Bertz CT molecular complexity index is 1920. The molecule has 1 fully saturated rings. The molecule has 61 heavy (non-hydrogen) atoms. The minimum absolute atomic E-state index is 0.150. The molecule has 3 heterocycles. The zero-order valence-corrected chi connectivity index (χ0v) is 36.5. The Kier molecular flexibility index (Phi) is 20.6. The van der Waals surface area contributed by atoms with Crippen molar-refractivity contribution in [2.75, 3.05) is 39.9 Å². The highest BCUT2D eigenvalue weighted by Crippen LogP contribution is 2.20. The lowest BCUT2D eigenvalue weighted by Crippen LogP contribution is -2.54. The van der Waals surface area contributed by atoms with Gasteiger partial charge in [0.1, 0.15) is 19.1 Å². The van der Waals surface area contributed by atoms with Crippen LogP contribution >= 0.6 is 22.7 Å². The number of nitrogens with zero attached hydrogens (tertiary/aromatic N) is 4. The fourth-order valence-corrected chi connectivity index (χ4v) is 7.71. The van der Waals surface area contributed by atoms with Crippen molar-refractivity contribution in [2.24, 2.45) is 0 Å². The second-order valence-electron chi connectivity index (χ2n) is 14.9. The molecular weight excluding hydrogens is 823 g/mol. The highest BCUT2D eigenvalue weighted by molar-refractivity contribution is 7.09. The van der Waals surface area contributed by atoms with E-state index in [1.807, 2.05) is 66.0 Å². The minimum atomic E-state index is -1.31. The molecule has 3 atom stereocenters. The fourth-order valence-electron chi connectivity index (χ4n) is 6.38. The Hall–Kier alpha value is -5.43. The molecule has 16 nitrogen and oxygen atoms in total. The quantitative estimate of drug-likeness (QED) is 0.0653. The number of aliphatic carboxylic acids is 2. The minimum Gasteiger partial charge on any atom is -0.481 e. The van der Waals surface area contributed by atoms with Crippen molar-refractivity contribution in [3.63, 3.8) is 0 Å². The summed E-state index contributed by atoms with van der Waals surface area (Å²) >= 11 is 3.02. The predicted octanol–water partition coefficient (Wildman–Crippen LogP) is 5.55. The number of ether oxygens (including phenoxy) is 2. The zero-order chi connectivity index (χ0) is 44.0. The first-order valence-electron chi connectivity index (χ1n) is 20.2. The molecule has 0 aliphatic carbocycles. The highest BCUT2D eigenvalue weighted by atomic mass is 32.1. The van der Waals surface area contributed by atoms with Gasteiger partial charge < -0.3 is 40.5 Å². The number of carboxylic acids is 2. The van der Waals surface area contributed by atoms with E-state index >= 15 is 0 Å². The number of nitrogens with one attached hydrogen (secondary N) is 3. The molecule has 0 bridgehead atoms. The second kappa shape index (κ2) is 26.0. The van der Waals surface area contributed by atoms with Crippen LogP contribution in [0.1, 0.15) is 72.2 Å². The number of benzene rings is 2. The number of hydrogen-bond donors (Lipinski definition) is 5. The van der Waals surface area contributed by atoms with Crippen LogP contribution in [0.3, 0.4) is 0 Å². The lowest BCUT2D eigenvalue weighted by atomic mass is 9.95. The van der Waals surface area contributed by atoms with Crippen molar-refractivity contribution >= 4 is 52.6 Å². The maximum atomic E-state index is 14.2. The average molecular weight is 880 g/mol. The van der Waals surface area contributed by atoms with E-state index in [4.69, 9.17) is 19.7 Å². The summed E-state index contributed by atoms with van der Waals surface area (Å²) in [5, 5.41) is 27.8. The normalized spacial score (nSPS) is 14.1. The Morgan fingerprint density at radius 1 is 0.852 bits per heavy atom. The average Bonchev–Trinajstić information content (AvgIpc) is 3.94. The summed E-state index contributed by atoms with van der Waals surface area (Å²) < 4.78 is 11.1. The molecule has 4 amide bonds.